The number of aliphatic hydroxyl groups excluding tert-OH is 1. The molecule has 1 aromatic heterocycles. The van der Waals surface area contributed by atoms with Gasteiger partial charge in [-0.1, -0.05) is 0 Å². The van der Waals surface area contributed by atoms with Crippen molar-refractivity contribution in [2.75, 3.05) is 6.26 Å². The Labute approximate surface area is 145 Å². The topological polar surface area (TPSA) is 76.5 Å². The number of hydrogen-bond donors (Lipinski definition) is 1. The number of hydrogen-bond acceptors (Lipinski definition) is 5. The van der Waals surface area contributed by atoms with Crippen LogP contribution in [0.15, 0.2) is 40.0 Å². The molecular weight excluding hydrogens is 408 g/mol. The van der Waals surface area contributed by atoms with Crippen LogP contribution in [0.1, 0.15) is 17.2 Å². The maximum atomic E-state index is 14.0. The van der Waals surface area contributed by atoms with E-state index in [1.54, 1.807) is 6.07 Å². The third-order valence-corrected chi connectivity index (χ3v) is 5.26. The lowest BCUT2D eigenvalue weighted by atomic mass is 10.1. The monoisotopic (exact) mass is 419 g/mol. The van der Waals surface area contributed by atoms with Crippen molar-refractivity contribution in [3.63, 3.8) is 0 Å². The summed E-state index contributed by atoms with van der Waals surface area (Å²) in [5, 5.41) is 9.90. The second-order valence-corrected chi connectivity index (χ2v) is 8.41. The molecule has 1 aliphatic rings. The van der Waals surface area contributed by atoms with Crippen molar-refractivity contribution >= 4 is 25.8 Å². The Morgan fingerprint density at radius 1 is 1.38 bits per heavy atom. The molecule has 9 heteroatoms. The second kappa shape index (κ2) is 5.75. The van der Waals surface area contributed by atoms with E-state index < -0.39 is 28.3 Å². The van der Waals surface area contributed by atoms with Crippen molar-refractivity contribution in [3.05, 3.63) is 46.2 Å². The van der Waals surface area contributed by atoms with Crippen LogP contribution in [0.5, 0.6) is 11.5 Å². The molecule has 0 aliphatic heterocycles. The Hall–Kier alpha value is -1.58. The summed E-state index contributed by atoms with van der Waals surface area (Å²) in [4.78, 5) is 3.59. The third-order valence-electron chi connectivity index (χ3n) is 3.67. The van der Waals surface area contributed by atoms with E-state index in [2.05, 4.69) is 20.9 Å². The highest BCUT2D eigenvalue weighted by atomic mass is 79.9. The smallest absolute Gasteiger partial charge is 0.281 e. The highest BCUT2D eigenvalue weighted by Crippen LogP contribution is 2.49. The first-order valence-corrected chi connectivity index (χ1v) is 9.48. The zero-order valence-electron chi connectivity index (χ0n) is 12.3. The van der Waals surface area contributed by atoms with Crippen molar-refractivity contribution in [3.8, 4) is 11.5 Å². The molecule has 5 nitrogen and oxygen atoms in total. The molecule has 1 N–H and O–H groups in total. The van der Waals surface area contributed by atoms with Gasteiger partial charge in [0, 0.05) is 34.5 Å². The number of alkyl halides is 2. The van der Waals surface area contributed by atoms with Crippen molar-refractivity contribution in [1.29, 1.82) is 0 Å². The predicted molar refractivity (Wildman–Crippen MR) is 85.2 cm³/mol. The lowest BCUT2D eigenvalue weighted by Gasteiger charge is -2.15. The predicted octanol–water partition coefficient (Wildman–Crippen LogP) is 3.26. The number of rotatable bonds is 3. The molecule has 1 aromatic carbocycles. The minimum atomic E-state index is -3.78. The second-order valence-electron chi connectivity index (χ2n) is 5.51. The number of pyridine rings is 1. The quantitative estimate of drug-likeness (QED) is 0.825. The van der Waals surface area contributed by atoms with Gasteiger partial charge in [-0.05, 0) is 34.1 Å². The van der Waals surface area contributed by atoms with E-state index in [4.69, 9.17) is 4.74 Å². The lowest BCUT2D eigenvalue weighted by Crippen LogP contribution is -2.22. The Bertz CT molecular complexity index is 918. The van der Waals surface area contributed by atoms with Crippen LogP contribution in [0.2, 0.25) is 0 Å². The first-order chi connectivity index (χ1) is 11.1. The minimum Gasteiger partial charge on any atom is -0.455 e. The average Bonchev–Trinajstić information content (AvgIpc) is 2.70. The molecule has 0 radical (unpaired) electrons. The SMILES string of the molecule is CS(=O)(=O)c1ccc(Oc2cncc(Br)c2)c2c1C(O)C(F)(F)C2. The summed E-state index contributed by atoms with van der Waals surface area (Å²) < 4.78 is 57.8. The summed E-state index contributed by atoms with van der Waals surface area (Å²) in [5.74, 6) is -3.10. The molecule has 2 aromatic rings. The van der Waals surface area contributed by atoms with Crippen molar-refractivity contribution in [1.82, 2.24) is 4.98 Å². The largest absolute Gasteiger partial charge is 0.455 e. The van der Waals surface area contributed by atoms with Crippen LogP contribution >= 0.6 is 15.9 Å². The van der Waals surface area contributed by atoms with Crippen LogP contribution in [0.4, 0.5) is 8.78 Å². The first kappa shape index (κ1) is 17.2. The Morgan fingerprint density at radius 2 is 2.08 bits per heavy atom. The van der Waals surface area contributed by atoms with Crippen molar-refractivity contribution in [2.45, 2.75) is 23.3 Å². The molecule has 24 heavy (non-hydrogen) atoms. The molecule has 0 saturated heterocycles. The highest BCUT2D eigenvalue weighted by Gasteiger charge is 2.50. The average molecular weight is 420 g/mol. The van der Waals surface area contributed by atoms with E-state index >= 15 is 0 Å². The zero-order chi connectivity index (χ0) is 17.7. The highest BCUT2D eigenvalue weighted by molar-refractivity contribution is 9.10. The van der Waals surface area contributed by atoms with Crippen LogP contribution in [-0.2, 0) is 16.3 Å². The first-order valence-electron chi connectivity index (χ1n) is 6.80. The van der Waals surface area contributed by atoms with Gasteiger partial charge in [0.25, 0.3) is 5.92 Å². The number of benzene rings is 1. The summed E-state index contributed by atoms with van der Waals surface area (Å²) in [6.45, 7) is 0. The molecular formula is C15H12BrF2NO4S. The Balaban J connectivity index is 2.14. The van der Waals surface area contributed by atoms with E-state index in [0.29, 0.717) is 10.2 Å². The number of aromatic nitrogens is 1. The molecule has 0 amide bonds. The van der Waals surface area contributed by atoms with Crippen molar-refractivity contribution in [2.24, 2.45) is 0 Å². The summed E-state index contributed by atoms with van der Waals surface area (Å²) in [6.07, 6.45) is 0.836. The normalized spacial score (nSPS) is 19.1. The number of nitrogens with zero attached hydrogens (tertiary/aromatic N) is 1. The van der Waals surface area contributed by atoms with Crippen LogP contribution in [0.3, 0.4) is 0 Å². The van der Waals surface area contributed by atoms with Gasteiger partial charge in [-0.25, -0.2) is 17.2 Å². The van der Waals surface area contributed by atoms with Gasteiger partial charge < -0.3 is 9.84 Å². The Morgan fingerprint density at radius 3 is 2.71 bits per heavy atom. The van der Waals surface area contributed by atoms with Crippen LogP contribution in [-0.4, -0.2) is 30.7 Å². The van der Waals surface area contributed by atoms with E-state index in [9.17, 15) is 22.3 Å². The van der Waals surface area contributed by atoms with E-state index in [0.717, 1.165) is 6.26 Å². The van der Waals surface area contributed by atoms with Crippen LogP contribution < -0.4 is 4.74 Å². The Kier molecular flexibility index (Phi) is 4.13. The maximum Gasteiger partial charge on any atom is 0.281 e. The van der Waals surface area contributed by atoms with E-state index in [1.807, 2.05) is 0 Å². The van der Waals surface area contributed by atoms with Crippen LogP contribution in [0, 0.1) is 0 Å². The van der Waals surface area contributed by atoms with Crippen molar-refractivity contribution < 1.29 is 27.0 Å². The fourth-order valence-corrected chi connectivity index (χ4v) is 3.94. The molecule has 1 unspecified atom stereocenters. The van der Waals surface area contributed by atoms with Gasteiger partial charge in [-0.2, -0.15) is 0 Å². The summed E-state index contributed by atoms with van der Waals surface area (Å²) in [6, 6.07) is 4.07. The number of ether oxygens (including phenoxy) is 1. The standard InChI is InChI=1S/C15H12BrF2NO4S/c1-24(21,22)12-3-2-11(23-9-4-8(16)6-19-7-9)10-5-15(17,18)14(20)13(10)12/h2-4,6-7,14,20H,5H2,1H3. The molecule has 0 spiro atoms. The molecule has 0 saturated carbocycles. The fourth-order valence-electron chi connectivity index (χ4n) is 2.64. The van der Waals surface area contributed by atoms with Gasteiger partial charge in [0.1, 0.15) is 17.6 Å². The summed E-state index contributed by atoms with van der Waals surface area (Å²) >= 11 is 3.22. The molecule has 1 aliphatic carbocycles. The van der Waals surface area contributed by atoms with E-state index in [1.165, 1.54) is 24.5 Å². The zero-order valence-corrected chi connectivity index (χ0v) is 14.7. The minimum absolute atomic E-state index is 0.0181. The molecule has 0 fully saturated rings. The summed E-state index contributed by atoms with van der Waals surface area (Å²) in [7, 11) is -3.78. The number of sulfone groups is 1. The van der Waals surface area contributed by atoms with Gasteiger partial charge >= 0.3 is 0 Å². The lowest BCUT2D eigenvalue weighted by molar-refractivity contribution is -0.0976. The molecule has 0 bridgehead atoms. The number of halogens is 3. The maximum absolute atomic E-state index is 14.0. The number of aliphatic hydroxyl groups is 1. The van der Waals surface area contributed by atoms with Gasteiger partial charge in [-0.15, -0.1) is 0 Å². The summed E-state index contributed by atoms with van der Waals surface area (Å²) in [5.41, 5.74) is -0.321. The van der Waals surface area contributed by atoms with Gasteiger partial charge in [0.15, 0.2) is 9.84 Å². The third kappa shape index (κ3) is 3.03. The fraction of sp³-hybridized carbons (Fsp3) is 0.267. The van der Waals surface area contributed by atoms with Gasteiger partial charge in [0.2, 0.25) is 0 Å². The van der Waals surface area contributed by atoms with Crippen LogP contribution in [0.25, 0.3) is 0 Å². The molecule has 3 rings (SSSR count). The molecule has 1 atom stereocenters. The molecule has 1 heterocycles. The number of fused-ring (bicyclic) bond motifs is 1. The van der Waals surface area contributed by atoms with Gasteiger partial charge in [-0.3, -0.25) is 4.98 Å². The van der Waals surface area contributed by atoms with E-state index in [-0.39, 0.29) is 21.8 Å². The van der Waals surface area contributed by atoms with Gasteiger partial charge in [0.05, 0.1) is 11.1 Å². The molecule has 128 valence electrons.